The highest BCUT2D eigenvalue weighted by Crippen LogP contribution is 2.24. The Labute approximate surface area is 88.3 Å². The molecule has 2 N–H and O–H groups in total. The maximum Gasteiger partial charge on any atom is 0.0799 e. The van der Waals surface area contributed by atoms with Gasteiger partial charge in [-0.05, 0) is 18.3 Å². The molecule has 0 rings (SSSR count). The molecule has 86 valence electrons. The summed E-state index contributed by atoms with van der Waals surface area (Å²) in [5, 5.41) is 18.5. The van der Waals surface area contributed by atoms with Crippen LogP contribution in [0.25, 0.3) is 0 Å². The summed E-state index contributed by atoms with van der Waals surface area (Å²) >= 11 is 0. The fourth-order valence-corrected chi connectivity index (χ4v) is 2.07. The van der Waals surface area contributed by atoms with Gasteiger partial charge in [-0.15, -0.1) is 0 Å². The van der Waals surface area contributed by atoms with Crippen molar-refractivity contribution in [3.8, 4) is 0 Å². The average Bonchev–Trinajstić information content (AvgIpc) is 2.23. The Morgan fingerprint density at radius 3 is 2.07 bits per heavy atom. The van der Waals surface area contributed by atoms with Crippen LogP contribution in [0, 0.1) is 11.8 Å². The van der Waals surface area contributed by atoms with Crippen LogP contribution in [0.4, 0.5) is 0 Å². The van der Waals surface area contributed by atoms with E-state index in [0.29, 0.717) is 5.92 Å². The predicted molar refractivity (Wildman–Crippen MR) is 60.2 cm³/mol. The molecule has 2 heteroatoms. The summed E-state index contributed by atoms with van der Waals surface area (Å²) in [5.74, 6) is 0.989. The molecule has 14 heavy (non-hydrogen) atoms. The molecule has 0 aliphatic heterocycles. The summed E-state index contributed by atoms with van der Waals surface area (Å²) in [5.41, 5.74) is 0. The summed E-state index contributed by atoms with van der Waals surface area (Å²) in [6.45, 7) is 6.40. The van der Waals surface area contributed by atoms with E-state index in [2.05, 4.69) is 20.8 Å². The average molecular weight is 202 g/mol. The Kier molecular flexibility index (Phi) is 8.20. The van der Waals surface area contributed by atoms with Gasteiger partial charge in [-0.2, -0.15) is 0 Å². The lowest BCUT2D eigenvalue weighted by atomic mass is 9.85. The van der Waals surface area contributed by atoms with E-state index in [0.717, 1.165) is 12.8 Å². The van der Waals surface area contributed by atoms with Gasteiger partial charge in [0, 0.05) is 0 Å². The lowest BCUT2D eigenvalue weighted by molar-refractivity contribution is 0.0347. The van der Waals surface area contributed by atoms with E-state index >= 15 is 0 Å². The summed E-state index contributed by atoms with van der Waals surface area (Å²) in [7, 11) is 0. The van der Waals surface area contributed by atoms with E-state index in [1.807, 2.05) is 0 Å². The van der Waals surface area contributed by atoms with Crippen molar-refractivity contribution in [2.24, 2.45) is 11.8 Å². The van der Waals surface area contributed by atoms with Crippen molar-refractivity contribution >= 4 is 0 Å². The van der Waals surface area contributed by atoms with E-state index in [-0.39, 0.29) is 12.5 Å². The highest BCUT2D eigenvalue weighted by atomic mass is 16.3. The molecular formula is C12H26O2. The van der Waals surface area contributed by atoms with Crippen molar-refractivity contribution in [3.05, 3.63) is 0 Å². The molecule has 0 aromatic rings. The first-order valence-electron chi connectivity index (χ1n) is 5.98. The third kappa shape index (κ3) is 4.97. The minimum atomic E-state index is -0.522. The Balaban J connectivity index is 3.99. The number of aliphatic hydroxyl groups is 2. The molecule has 0 saturated heterocycles. The first-order chi connectivity index (χ1) is 6.69. The zero-order valence-electron chi connectivity index (χ0n) is 9.87. The predicted octanol–water partition coefficient (Wildman–Crippen LogP) is 2.58. The Morgan fingerprint density at radius 2 is 1.71 bits per heavy atom. The maximum atomic E-state index is 9.58. The quantitative estimate of drug-likeness (QED) is 0.635. The second-order valence-electron chi connectivity index (χ2n) is 4.22. The monoisotopic (exact) mass is 202 g/mol. The number of hydrogen-bond donors (Lipinski definition) is 2. The van der Waals surface area contributed by atoms with Crippen molar-refractivity contribution in [2.75, 3.05) is 6.61 Å². The number of hydrogen-bond acceptors (Lipinski definition) is 2. The zero-order chi connectivity index (χ0) is 11.0. The molecule has 0 aromatic carbocycles. The van der Waals surface area contributed by atoms with Crippen LogP contribution in [0.5, 0.6) is 0 Å². The fraction of sp³-hybridized carbons (Fsp3) is 1.00. The SMILES string of the molecule is CCCC(CC)CC(CC)C(O)CO. The first-order valence-corrected chi connectivity index (χ1v) is 5.98. The molecule has 3 unspecified atom stereocenters. The highest BCUT2D eigenvalue weighted by molar-refractivity contribution is 4.70. The molecule has 3 atom stereocenters. The second kappa shape index (κ2) is 8.25. The molecular weight excluding hydrogens is 176 g/mol. The Hall–Kier alpha value is -0.0800. The Morgan fingerprint density at radius 1 is 1.07 bits per heavy atom. The first kappa shape index (κ1) is 13.9. The maximum absolute atomic E-state index is 9.58. The third-order valence-corrected chi connectivity index (χ3v) is 3.17. The highest BCUT2D eigenvalue weighted by Gasteiger charge is 2.19. The van der Waals surface area contributed by atoms with Crippen molar-refractivity contribution in [1.29, 1.82) is 0 Å². The van der Waals surface area contributed by atoms with Gasteiger partial charge < -0.3 is 10.2 Å². The molecule has 0 saturated carbocycles. The van der Waals surface area contributed by atoms with Crippen LogP contribution < -0.4 is 0 Å². The van der Waals surface area contributed by atoms with E-state index < -0.39 is 6.10 Å². The van der Waals surface area contributed by atoms with Gasteiger partial charge in [-0.1, -0.05) is 46.5 Å². The van der Waals surface area contributed by atoms with E-state index in [1.165, 1.54) is 19.3 Å². The van der Waals surface area contributed by atoms with Gasteiger partial charge in [0.25, 0.3) is 0 Å². The van der Waals surface area contributed by atoms with Crippen molar-refractivity contribution in [2.45, 2.75) is 59.0 Å². The largest absolute Gasteiger partial charge is 0.394 e. The van der Waals surface area contributed by atoms with Gasteiger partial charge in [0.15, 0.2) is 0 Å². The molecule has 0 aliphatic carbocycles. The standard InChI is InChI=1S/C12H26O2/c1-4-7-10(5-2)8-11(6-3)12(14)9-13/h10-14H,4-9H2,1-3H3. The van der Waals surface area contributed by atoms with E-state index in [1.54, 1.807) is 0 Å². The van der Waals surface area contributed by atoms with Gasteiger partial charge >= 0.3 is 0 Å². The summed E-state index contributed by atoms with van der Waals surface area (Å²) < 4.78 is 0. The third-order valence-electron chi connectivity index (χ3n) is 3.17. The van der Waals surface area contributed by atoms with Crippen LogP contribution in [-0.2, 0) is 0 Å². The molecule has 0 heterocycles. The summed E-state index contributed by atoms with van der Waals surface area (Å²) in [6.07, 6.45) is 5.13. The molecule has 0 aliphatic rings. The minimum Gasteiger partial charge on any atom is -0.394 e. The fourth-order valence-electron chi connectivity index (χ4n) is 2.07. The molecule has 2 nitrogen and oxygen atoms in total. The molecule has 0 bridgehead atoms. The van der Waals surface area contributed by atoms with Crippen LogP contribution in [0.15, 0.2) is 0 Å². The second-order valence-corrected chi connectivity index (χ2v) is 4.22. The Bertz CT molecular complexity index is 125. The van der Waals surface area contributed by atoms with Crippen LogP contribution in [0.3, 0.4) is 0 Å². The van der Waals surface area contributed by atoms with E-state index in [4.69, 9.17) is 5.11 Å². The number of aliphatic hydroxyl groups excluding tert-OH is 2. The number of rotatable bonds is 8. The van der Waals surface area contributed by atoms with Crippen LogP contribution in [-0.4, -0.2) is 22.9 Å². The normalized spacial score (nSPS) is 17.8. The molecule has 0 fully saturated rings. The zero-order valence-corrected chi connectivity index (χ0v) is 9.87. The van der Waals surface area contributed by atoms with Gasteiger partial charge in [-0.25, -0.2) is 0 Å². The summed E-state index contributed by atoms with van der Waals surface area (Å²) in [4.78, 5) is 0. The lowest BCUT2D eigenvalue weighted by Gasteiger charge is -2.24. The lowest BCUT2D eigenvalue weighted by Crippen LogP contribution is -2.25. The van der Waals surface area contributed by atoms with Crippen LogP contribution in [0.1, 0.15) is 52.9 Å². The molecule has 0 amide bonds. The van der Waals surface area contributed by atoms with Crippen molar-refractivity contribution < 1.29 is 10.2 Å². The topological polar surface area (TPSA) is 40.5 Å². The van der Waals surface area contributed by atoms with E-state index in [9.17, 15) is 5.11 Å². The van der Waals surface area contributed by atoms with Crippen molar-refractivity contribution in [3.63, 3.8) is 0 Å². The molecule has 0 aromatic heterocycles. The smallest absolute Gasteiger partial charge is 0.0799 e. The van der Waals surface area contributed by atoms with Gasteiger partial charge in [-0.3, -0.25) is 0 Å². The van der Waals surface area contributed by atoms with Crippen LogP contribution in [0.2, 0.25) is 0 Å². The minimum absolute atomic E-state index is 0.0962. The molecule has 0 spiro atoms. The van der Waals surface area contributed by atoms with Gasteiger partial charge in [0.05, 0.1) is 12.7 Å². The van der Waals surface area contributed by atoms with Crippen molar-refractivity contribution in [1.82, 2.24) is 0 Å². The summed E-state index contributed by atoms with van der Waals surface area (Å²) in [6, 6.07) is 0. The van der Waals surface area contributed by atoms with Gasteiger partial charge in [0.1, 0.15) is 0 Å². The molecule has 0 radical (unpaired) electrons. The van der Waals surface area contributed by atoms with Gasteiger partial charge in [0.2, 0.25) is 0 Å². The van der Waals surface area contributed by atoms with Crippen LogP contribution >= 0.6 is 0 Å².